The van der Waals surface area contributed by atoms with Crippen LogP contribution >= 0.6 is 15.9 Å². The normalized spacial score (nSPS) is 14.4. The van der Waals surface area contributed by atoms with Crippen molar-refractivity contribution < 1.29 is 18.7 Å². The zero-order valence-electron chi connectivity index (χ0n) is 14.9. The molecule has 0 spiro atoms. The Balaban J connectivity index is 1.51. The molecule has 0 bridgehead atoms. The average molecular weight is 437 g/mol. The van der Waals surface area contributed by atoms with Crippen molar-refractivity contribution in [3.05, 3.63) is 40.6 Å². The number of ether oxygens (including phenoxy) is 2. The largest absolute Gasteiger partial charge is 0.494 e. The predicted octanol–water partition coefficient (Wildman–Crippen LogP) is 3.43. The molecule has 0 aliphatic carbocycles. The van der Waals surface area contributed by atoms with Crippen LogP contribution in [-0.2, 0) is 4.74 Å². The number of carbonyl (C=O) groups is 1. The average Bonchev–Trinajstić information content (AvgIpc) is 3.05. The van der Waals surface area contributed by atoms with Gasteiger partial charge in [0.05, 0.1) is 30.5 Å². The molecule has 2 heterocycles. The number of nitrogens with one attached hydrogen (secondary N) is 2. The van der Waals surface area contributed by atoms with Crippen LogP contribution < -0.4 is 20.4 Å². The highest BCUT2D eigenvalue weighted by molar-refractivity contribution is 9.10. The van der Waals surface area contributed by atoms with Crippen LogP contribution in [0, 0.1) is 0 Å². The molecule has 1 aromatic carbocycles. The highest BCUT2D eigenvalue weighted by atomic mass is 79.9. The molecule has 144 valence electrons. The maximum Gasteiger partial charge on any atom is 0.339 e. The number of hydrogen-bond acceptors (Lipinski definition) is 6. The van der Waals surface area contributed by atoms with Crippen LogP contribution in [0.5, 0.6) is 5.75 Å². The lowest BCUT2D eigenvalue weighted by atomic mass is 10.3. The van der Waals surface area contributed by atoms with Crippen molar-refractivity contribution in [2.75, 3.05) is 43.1 Å². The van der Waals surface area contributed by atoms with Crippen molar-refractivity contribution in [2.24, 2.45) is 5.10 Å². The van der Waals surface area contributed by atoms with E-state index in [0.29, 0.717) is 31.3 Å². The number of hydrazone groups is 1. The summed E-state index contributed by atoms with van der Waals surface area (Å²) in [5.41, 5.74) is 3.05. The van der Waals surface area contributed by atoms with Crippen LogP contribution in [0.15, 0.2) is 44.3 Å². The molecule has 1 saturated heterocycles. The van der Waals surface area contributed by atoms with E-state index < -0.39 is 6.03 Å². The van der Waals surface area contributed by atoms with Crippen LogP contribution in [-0.4, -0.2) is 45.2 Å². The fourth-order valence-electron chi connectivity index (χ4n) is 2.54. The molecule has 2 N–H and O–H groups in total. The van der Waals surface area contributed by atoms with Crippen molar-refractivity contribution in [2.45, 2.75) is 6.92 Å². The van der Waals surface area contributed by atoms with E-state index in [-0.39, 0.29) is 0 Å². The monoisotopic (exact) mass is 436 g/mol. The van der Waals surface area contributed by atoms with Crippen molar-refractivity contribution in [3.63, 3.8) is 0 Å². The van der Waals surface area contributed by atoms with E-state index in [0.717, 1.165) is 29.2 Å². The SMILES string of the molecule is CCOc1ccc(NC(=O)N/N=C/c2cc(Br)c(N3CCOCC3)o2)cc1. The minimum Gasteiger partial charge on any atom is -0.494 e. The molecule has 8 nitrogen and oxygen atoms in total. The number of morpholine rings is 1. The Bertz CT molecular complexity index is 785. The highest BCUT2D eigenvalue weighted by Crippen LogP contribution is 2.30. The Morgan fingerprint density at radius 3 is 2.78 bits per heavy atom. The van der Waals surface area contributed by atoms with Gasteiger partial charge in [-0.1, -0.05) is 0 Å². The van der Waals surface area contributed by atoms with Crippen LogP contribution in [0.3, 0.4) is 0 Å². The van der Waals surface area contributed by atoms with Gasteiger partial charge in [0.1, 0.15) is 5.75 Å². The second-order valence-corrected chi connectivity index (χ2v) is 6.54. The Labute approximate surface area is 165 Å². The van der Waals surface area contributed by atoms with E-state index in [9.17, 15) is 4.79 Å². The zero-order valence-corrected chi connectivity index (χ0v) is 16.5. The number of benzene rings is 1. The molecular weight excluding hydrogens is 416 g/mol. The van der Waals surface area contributed by atoms with Crippen molar-refractivity contribution in [3.8, 4) is 5.75 Å². The van der Waals surface area contributed by atoms with Gasteiger partial charge in [-0.25, -0.2) is 10.2 Å². The summed E-state index contributed by atoms with van der Waals surface area (Å²) >= 11 is 3.49. The van der Waals surface area contributed by atoms with Crippen molar-refractivity contribution in [1.29, 1.82) is 0 Å². The number of furan rings is 1. The number of urea groups is 1. The van der Waals surface area contributed by atoms with E-state index in [4.69, 9.17) is 13.9 Å². The van der Waals surface area contributed by atoms with E-state index in [1.165, 1.54) is 6.21 Å². The highest BCUT2D eigenvalue weighted by Gasteiger charge is 2.18. The van der Waals surface area contributed by atoms with Gasteiger partial charge in [0.2, 0.25) is 5.88 Å². The summed E-state index contributed by atoms with van der Waals surface area (Å²) in [6.45, 7) is 5.39. The van der Waals surface area contributed by atoms with Gasteiger partial charge < -0.3 is 24.1 Å². The number of rotatable bonds is 6. The van der Waals surface area contributed by atoms with E-state index in [2.05, 4.69) is 36.7 Å². The van der Waals surface area contributed by atoms with Gasteiger partial charge in [0.15, 0.2) is 5.76 Å². The van der Waals surface area contributed by atoms with Gasteiger partial charge >= 0.3 is 6.03 Å². The molecule has 2 amide bonds. The number of carbonyl (C=O) groups excluding carboxylic acids is 1. The molecule has 2 aromatic rings. The fraction of sp³-hybridized carbons (Fsp3) is 0.333. The molecule has 1 fully saturated rings. The molecule has 0 unspecified atom stereocenters. The molecule has 9 heteroatoms. The quantitative estimate of drug-likeness (QED) is 0.534. The lowest BCUT2D eigenvalue weighted by Crippen LogP contribution is -2.36. The first-order chi connectivity index (χ1) is 13.2. The minimum absolute atomic E-state index is 0.450. The van der Waals surface area contributed by atoms with E-state index >= 15 is 0 Å². The van der Waals surface area contributed by atoms with Gasteiger partial charge in [0.25, 0.3) is 0 Å². The molecule has 1 aliphatic heterocycles. The summed E-state index contributed by atoms with van der Waals surface area (Å²) in [5.74, 6) is 2.02. The second-order valence-electron chi connectivity index (χ2n) is 5.68. The Kier molecular flexibility index (Phi) is 6.72. The van der Waals surface area contributed by atoms with E-state index in [1.807, 2.05) is 6.92 Å². The van der Waals surface area contributed by atoms with Crippen molar-refractivity contribution >= 4 is 39.7 Å². The molecule has 1 aliphatic rings. The molecule has 0 radical (unpaired) electrons. The zero-order chi connectivity index (χ0) is 19.1. The number of anilines is 2. The number of amides is 2. The summed E-state index contributed by atoms with van der Waals surface area (Å²) in [5, 5.41) is 6.60. The topological polar surface area (TPSA) is 88.3 Å². The molecular formula is C18H21BrN4O4. The summed E-state index contributed by atoms with van der Waals surface area (Å²) in [6, 6.07) is 8.44. The third-order valence-corrected chi connectivity index (χ3v) is 4.34. The standard InChI is InChI=1S/C18H21BrN4O4/c1-2-26-14-5-3-13(4-6-14)21-18(24)22-20-12-15-11-16(19)17(27-15)23-7-9-25-10-8-23/h3-6,11-12H,2,7-10H2,1H3,(H2,21,22,24)/b20-12+. The second kappa shape index (κ2) is 9.43. The van der Waals surface area contributed by atoms with Gasteiger partial charge in [-0.15, -0.1) is 0 Å². The Morgan fingerprint density at radius 1 is 1.33 bits per heavy atom. The Hall–Kier alpha value is -2.52. The first-order valence-corrected chi connectivity index (χ1v) is 9.40. The molecule has 0 saturated carbocycles. The lowest BCUT2D eigenvalue weighted by molar-refractivity contribution is 0.120. The Morgan fingerprint density at radius 2 is 2.07 bits per heavy atom. The number of halogens is 1. The van der Waals surface area contributed by atoms with Crippen molar-refractivity contribution in [1.82, 2.24) is 5.43 Å². The van der Waals surface area contributed by atoms with Gasteiger partial charge in [-0.05, 0) is 47.1 Å². The molecule has 27 heavy (non-hydrogen) atoms. The number of hydrogen-bond donors (Lipinski definition) is 2. The third-order valence-electron chi connectivity index (χ3n) is 3.77. The van der Waals surface area contributed by atoms with Crippen LogP contribution in [0.25, 0.3) is 0 Å². The molecule has 1 aromatic heterocycles. The van der Waals surface area contributed by atoms with E-state index in [1.54, 1.807) is 30.3 Å². The first-order valence-electron chi connectivity index (χ1n) is 8.60. The maximum absolute atomic E-state index is 11.9. The maximum atomic E-state index is 11.9. The van der Waals surface area contributed by atoms with Gasteiger partial charge in [-0.2, -0.15) is 5.10 Å². The fourth-order valence-corrected chi connectivity index (χ4v) is 3.09. The summed E-state index contributed by atoms with van der Waals surface area (Å²) in [6.07, 6.45) is 1.45. The molecule has 0 atom stereocenters. The summed E-state index contributed by atoms with van der Waals surface area (Å²) in [7, 11) is 0. The smallest absolute Gasteiger partial charge is 0.339 e. The third kappa shape index (κ3) is 5.48. The first kappa shape index (κ1) is 19.2. The lowest BCUT2D eigenvalue weighted by Gasteiger charge is -2.26. The van der Waals surface area contributed by atoms with Crippen LogP contribution in [0.1, 0.15) is 12.7 Å². The van der Waals surface area contributed by atoms with Crippen LogP contribution in [0.4, 0.5) is 16.4 Å². The van der Waals surface area contributed by atoms with Crippen LogP contribution in [0.2, 0.25) is 0 Å². The predicted molar refractivity (Wildman–Crippen MR) is 107 cm³/mol. The number of nitrogens with zero attached hydrogens (tertiary/aromatic N) is 2. The van der Waals surface area contributed by atoms with Gasteiger partial charge in [-0.3, -0.25) is 0 Å². The minimum atomic E-state index is -0.450. The molecule has 3 rings (SSSR count). The summed E-state index contributed by atoms with van der Waals surface area (Å²) < 4.78 is 17.3. The summed E-state index contributed by atoms with van der Waals surface area (Å²) in [4.78, 5) is 14.0. The van der Waals surface area contributed by atoms with Gasteiger partial charge in [0, 0.05) is 24.8 Å².